The van der Waals surface area contributed by atoms with Crippen molar-refractivity contribution in [2.75, 3.05) is 13.1 Å². The standard InChI is InChI=1S/C13H19Cl2NO/c1-9(2)7-16-8-11(17)5-10-3-4-12(14)13(15)6-10/h3-4,6,9,11,16-17H,5,7-8H2,1-2H3. The van der Waals surface area contributed by atoms with Crippen LogP contribution in [0.4, 0.5) is 0 Å². The molecule has 0 fully saturated rings. The quantitative estimate of drug-likeness (QED) is 0.836. The summed E-state index contributed by atoms with van der Waals surface area (Å²) in [5.41, 5.74) is 0.998. The number of hydrogen-bond acceptors (Lipinski definition) is 2. The highest BCUT2D eigenvalue weighted by Gasteiger charge is 2.07. The first-order valence-electron chi connectivity index (χ1n) is 5.81. The zero-order valence-corrected chi connectivity index (χ0v) is 11.7. The van der Waals surface area contributed by atoms with E-state index in [0.717, 1.165) is 12.1 Å². The molecule has 0 aromatic heterocycles. The first-order valence-corrected chi connectivity index (χ1v) is 6.57. The number of nitrogens with one attached hydrogen (secondary N) is 1. The van der Waals surface area contributed by atoms with Gasteiger partial charge in [0.05, 0.1) is 16.1 Å². The topological polar surface area (TPSA) is 32.3 Å². The maximum atomic E-state index is 9.84. The smallest absolute Gasteiger partial charge is 0.0704 e. The molecule has 17 heavy (non-hydrogen) atoms. The second-order valence-corrected chi connectivity index (χ2v) is 5.47. The molecular formula is C13H19Cl2NO. The fourth-order valence-corrected chi connectivity index (χ4v) is 1.87. The fraction of sp³-hybridized carbons (Fsp3) is 0.538. The molecule has 0 aliphatic rings. The molecule has 1 aromatic rings. The summed E-state index contributed by atoms with van der Waals surface area (Å²) in [6.07, 6.45) is 0.188. The molecular weight excluding hydrogens is 257 g/mol. The van der Waals surface area contributed by atoms with Crippen molar-refractivity contribution in [2.45, 2.75) is 26.4 Å². The van der Waals surface area contributed by atoms with Crippen molar-refractivity contribution in [3.05, 3.63) is 33.8 Å². The van der Waals surface area contributed by atoms with Crippen LogP contribution in [0, 0.1) is 5.92 Å². The summed E-state index contributed by atoms with van der Waals surface area (Å²) in [6.45, 7) is 5.79. The van der Waals surface area contributed by atoms with Crippen LogP contribution in [0.2, 0.25) is 10.0 Å². The average molecular weight is 276 g/mol. The summed E-state index contributed by atoms with van der Waals surface area (Å²) < 4.78 is 0. The Morgan fingerprint density at radius 3 is 2.47 bits per heavy atom. The van der Waals surface area contributed by atoms with Gasteiger partial charge in [-0.2, -0.15) is 0 Å². The Bertz CT molecular complexity index is 355. The van der Waals surface area contributed by atoms with Crippen LogP contribution in [0.25, 0.3) is 0 Å². The molecule has 1 aromatic carbocycles. The summed E-state index contributed by atoms with van der Waals surface area (Å²) >= 11 is 11.7. The molecule has 0 saturated heterocycles. The van der Waals surface area contributed by atoms with E-state index in [-0.39, 0.29) is 0 Å². The van der Waals surface area contributed by atoms with Crippen LogP contribution in [0.15, 0.2) is 18.2 Å². The van der Waals surface area contributed by atoms with Gasteiger partial charge in [-0.15, -0.1) is 0 Å². The highest BCUT2D eigenvalue weighted by molar-refractivity contribution is 6.42. The van der Waals surface area contributed by atoms with Crippen LogP contribution in [-0.2, 0) is 6.42 Å². The fourth-order valence-electron chi connectivity index (χ4n) is 1.55. The van der Waals surface area contributed by atoms with E-state index in [4.69, 9.17) is 23.2 Å². The largest absolute Gasteiger partial charge is 0.391 e. The van der Waals surface area contributed by atoms with Crippen molar-refractivity contribution in [2.24, 2.45) is 5.92 Å². The van der Waals surface area contributed by atoms with Crippen molar-refractivity contribution in [3.8, 4) is 0 Å². The third-order valence-corrected chi connectivity index (χ3v) is 3.13. The number of aliphatic hydroxyl groups is 1. The van der Waals surface area contributed by atoms with Crippen molar-refractivity contribution >= 4 is 23.2 Å². The predicted molar refractivity (Wildman–Crippen MR) is 73.9 cm³/mol. The Morgan fingerprint density at radius 2 is 1.88 bits per heavy atom. The van der Waals surface area contributed by atoms with E-state index in [9.17, 15) is 5.11 Å². The number of hydrogen-bond donors (Lipinski definition) is 2. The van der Waals surface area contributed by atoms with E-state index >= 15 is 0 Å². The molecule has 4 heteroatoms. The Kier molecular flexibility index (Phi) is 6.28. The molecule has 0 bridgehead atoms. The number of aliphatic hydroxyl groups excluding tert-OH is 1. The van der Waals surface area contributed by atoms with E-state index in [1.54, 1.807) is 12.1 Å². The van der Waals surface area contributed by atoms with Gasteiger partial charge in [0.2, 0.25) is 0 Å². The van der Waals surface area contributed by atoms with Crippen LogP contribution >= 0.6 is 23.2 Å². The molecule has 2 N–H and O–H groups in total. The highest BCUT2D eigenvalue weighted by Crippen LogP contribution is 2.23. The molecule has 0 aliphatic heterocycles. The third-order valence-electron chi connectivity index (χ3n) is 2.39. The molecule has 0 amide bonds. The minimum absolute atomic E-state index is 0.397. The molecule has 2 nitrogen and oxygen atoms in total. The summed E-state index contributed by atoms with van der Waals surface area (Å²) in [5.74, 6) is 0.590. The van der Waals surface area contributed by atoms with Gasteiger partial charge in [-0.25, -0.2) is 0 Å². The van der Waals surface area contributed by atoms with Crippen molar-refractivity contribution in [1.29, 1.82) is 0 Å². The summed E-state index contributed by atoms with van der Waals surface area (Å²) in [6, 6.07) is 5.45. The van der Waals surface area contributed by atoms with Crippen molar-refractivity contribution in [1.82, 2.24) is 5.32 Å². The minimum Gasteiger partial charge on any atom is -0.391 e. The van der Waals surface area contributed by atoms with Gasteiger partial charge in [0, 0.05) is 6.54 Å². The van der Waals surface area contributed by atoms with Crippen molar-refractivity contribution < 1.29 is 5.11 Å². The van der Waals surface area contributed by atoms with Crippen LogP contribution in [0.1, 0.15) is 19.4 Å². The van der Waals surface area contributed by atoms with Gasteiger partial charge in [0.15, 0.2) is 0 Å². The Balaban J connectivity index is 2.39. The van der Waals surface area contributed by atoms with Gasteiger partial charge in [0.1, 0.15) is 0 Å². The first kappa shape index (κ1) is 14.8. The Morgan fingerprint density at radius 1 is 1.18 bits per heavy atom. The van der Waals surface area contributed by atoms with E-state index < -0.39 is 6.10 Å². The van der Waals surface area contributed by atoms with Crippen LogP contribution < -0.4 is 5.32 Å². The molecule has 0 aliphatic carbocycles. The normalized spacial score (nSPS) is 13.1. The van der Waals surface area contributed by atoms with Gasteiger partial charge in [-0.3, -0.25) is 0 Å². The SMILES string of the molecule is CC(C)CNCC(O)Cc1ccc(Cl)c(Cl)c1. The first-order chi connectivity index (χ1) is 7.99. The molecule has 0 spiro atoms. The lowest BCUT2D eigenvalue weighted by Crippen LogP contribution is -2.30. The monoisotopic (exact) mass is 275 g/mol. The maximum Gasteiger partial charge on any atom is 0.0704 e. The third kappa shape index (κ3) is 5.73. The molecule has 1 unspecified atom stereocenters. The zero-order valence-electron chi connectivity index (χ0n) is 10.2. The van der Waals surface area contributed by atoms with Crippen LogP contribution in [0.3, 0.4) is 0 Å². The Labute approximate surface area is 113 Å². The van der Waals surface area contributed by atoms with Gasteiger partial charge in [0.25, 0.3) is 0 Å². The van der Waals surface area contributed by atoms with Crippen LogP contribution in [0.5, 0.6) is 0 Å². The lowest BCUT2D eigenvalue weighted by molar-refractivity contribution is 0.170. The highest BCUT2D eigenvalue weighted by atomic mass is 35.5. The predicted octanol–water partition coefficient (Wildman–Crippen LogP) is 3.14. The van der Waals surface area contributed by atoms with Crippen LogP contribution in [-0.4, -0.2) is 24.3 Å². The van der Waals surface area contributed by atoms with E-state index in [1.165, 1.54) is 0 Å². The molecule has 0 saturated carbocycles. The molecule has 96 valence electrons. The van der Waals surface area contributed by atoms with E-state index in [0.29, 0.717) is 28.9 Å². The Hall–Kier alpha value is -0.280. The van der Waals surface area contributed by atoms with Gasteiger partial charge in [-0.05, 0) is 36.6 Å². The summed E-state index contributed by atoms with van der Waals surface area (Å²) in [7, 11) is 0. The second kappa shape index (κ2) is 7.22. The summed E-state index contributed by atoms with van der Waals surface area (Å²) in [5, 5.41) is 14.1. The number of halogens is 2. The molecule has 0 radical (unpaired) electrons. The van der Waals surface area contributed by atoms with Gasteiger partial charge in [-0.1, -0.05) is 43.1 Å². The molecule has 1 atom stereocenters. The van der Waals surface area contributed by atoms with Gasteiger partial charge >= 0.3 is 0 Å². The molecule has 0 heterocycles. The number of benzene rings is 1. The van der Waals surface area contributed by atoms with E-state index in [2.05, 4.69) is 19.2 Å². The zero-order chi connectivity index (χ0) is 12.8. The lowest BCUT2D eigenvalue weighted by atomic mass is 10.1. The second-order valence-electron chi connectivity index (χ2n) is 4.66. The lowest BCUT2D eigenvalue weighted by Gasteiger charge is -2.13. The minimum atomic E-state index is -0.397. The maximum absolute atomic E-state index is 9.84. The van der Waals surface area contributed by atoms with Gasteiger partial charge < -0.3 is 10.4 Å². The number of rotatable bonds is 6. The summed E-state index contributed by atoms with van der Waals surface area (Å²) in [4.78, 5) is 0. The van der Waals surface area contributed by atoms with E-state index in [1.807, 2.05) is 6.07 Å². The molecule has 1 rings (SSSR count). The average Bonchev–Trinajstić information content (AvgIpc) is 2.23. The van der Waals surface area contributed by atoms with Crippen molar-refractivity contribution in [3.63, 3.8) is 0 Å².